The molecule has 0 unspecified atom stereocenters. The molecule has 0 aliphatic rings. The Kier molecular flexibility index (Phi) is 39.5. The Labute approximate surface area is 593 Å². The van der Waals surface area contributed by atoms with Gasteiger partial charge in [0.1, 0.15) is 17.4 Å². The van der Waals surface area contributed by atoms with E-state index in [1.54, 1.807) is 94.8 Å². The van der Waals surface area contributed by atoms with Crippen molar-refractivity contribution in [2.24, 2.45) is 39.3 Å². The summed E-state index contributed by atoms with van der Waals surface area (Å²) in [7, 11) is -3.05. The number of rotatable bonds is 27. The summed E-state index contributed by atoms with van der Waals surface area (Å²) in [6, 6.07) is 22.3. The zero-order chi connectivity index (χ0) is 75.7. The number of benzene rings is 2. The molecule has 0 atom stereocenters. The Balaban J connectivity index is 0.000000625. The molecule has 548 valence electrons. The first-order valence-electron chi connectivity index (χ1n) is 34.8. The van der Waals surface area contributed by atoms with Crippen molar-refractivity contribution in [2.75, 3.05) is 10.9 Å². The number of ketones is 3. The summed E-state index contributed by atoms with van der Waals surface area (Å²) in [5.74, 6) is 3.49. The number of carbonyl (C=O) groups is 5. The number of Topliss-reactive ketones (excluding diaryl/α,β-unsaturated/α-hetero) is 3. The van der Waals surface area contributed by atoms with Crippen LogP contribution in [-0.4, -0.2) is 113 Å². The number of anilines is 2. The fourth-order valence-corrected chi connectivity index (χ4v) is 9.11. The molecule has 4 heterocycles. The lowest BCUT2D eigenvalue weighted by molar-refractivity contribution is -0.120. The Hall–Kier alpha value is -8.18. The zero-order valence-corrected chi connectivity index (χ0v) is 65.4. The molecular formula is C76H121N15O7S. The Morgan fingerprint density at radius 1 is 0.556 bits per heavy atom. The quantitative estimate of drug-likeness (QED) is 0.0182. The highest BCUT2D eigenvalue weighted by Gasteiger charge is 2.23. The number of pyridine rings is 2. The van der Waals surface area contributed by atoms with E-state index >= 15 is 0 Å². The van der Waals surface area contributed by atoms with Gasteiger partial charge in [-0.05, 0) is 185 Å². The topological polar surface area (TPSA) is 292 Å². The van der Waals surface area contributed by atoms with Gasteiger partial charge in [0.15, 0.2) is 11.6 Å². The molecule has 22 nitrogen and oxygen atoms in total. The summed E-state index contributed by atoms with van der Waals surface area (Å²) in [6.07, 6.45) is 11.1. The largest absolute Gasteiger partial charge is 0.350 e. The number of amides is 2. The van der Waals surface area contributed by atoms with E-state index in [1.807, 2.05) is 108 Å². The average molecular weight is 1390 g/mol. The van der Waals surface area contributed by atoms with Gasteiger partial charge in [-0.1, -0.05) is 132 Å². The maximum atomic E-state index is 12.0. The molecule has 2 aromatic carbocycles. The van der Waals surface area contributed by atoms with E-state index in [2.05, 4.69) is 164 Å². The molecule has 99 heavy (non-hydrogen) atoms. The second-order valence-corrected chi connectivity index (χ2v) is 31.2. The molecule has 5 N–H and O–H groups in total. The standard InChI is InChI=1S/C21H26N4O2.C20H24N4O2.C13H26O.2C8H15N3.C6H15NO2S/c1-13(2)20(26)18-10-11-19(22-12-18)25-24-15(5)16-6-8-17(9-7-16)21(27)23-14(3)4;1-13(2)19(25)17-9-10-18(21-12-17)24-22-11-15-5-7-16(8-6-15)20(26)23-14(3)4;1-10(2)9-12(14)7-8-13(5,6)11(3)4;1-6(2)8-5-11(7(3)4)10-9-8;1-6(2)8-5-9-10-11(8)7(3)4;1-5(2)7-10(8,9)6(3)4/h6-14H,1-5H3,(H,22,25)(H,23,27);5-14H,1-4H3,(H,21,24)(H,23,26);10-11H,7-9H2,1-6H3;2*5-7H,1-4H3;5-7H,1-4H3/b24-15+;22-11+;;;;. The van der Waals surface area contributed by atoms with Crippen LogP contribution >= 0.6 is 0 Å². The summed E-state index contributed by atoms with van der Waals surface area (Å²) < 4.78 is 28.4. The number of aromatic nitrogens is 8. The second kappa shape index (κ2) is 44.1. The maximum Gasteiger partial charge on any atom is 0.251 e. The smallest absolute Gasteiger partial charge is 0.251 e. The monoisotopic (exact) mass is 1390 g/mol. The molecule has 0 aliphatic carbocycles. The number of hydrazone groups is 2. The average Bonchev–Trinajstić information content (AvgIpc) is 1.81. The summed E-state index contributed by atoms with van der Waals surface area (Å²) in [5.41, 5.74) is 13.2. The number of nitrogens with one attached hydrogen (secondary N) is 5. The minimum Gasteiger partial charge on any atom is -0.350 e. The third kappa shape index (κ3) is 34.9. The lowest BCUT2D eigenvalue weighted by atomic mass is 9.77. The van der Waals surface area contributed by atoms with E-state index in [9.17, 15) is 32.4 Å². The van der Waals surface area contributed by atoms with Crippen LogP contribution in [0.1, 0.15) is 294 Å². The first-order chi connectivity index (χ1) is 46.0. The van der Waals surface area contributed by atoms with Crippen LogP contribution < -0.4 is 26.2 Å². The first-order valence-corrected chi connectivity index (χ1v) is 36.3. The molecule has 0 bridgehead atoms. The van der Waals surface area contributed by atoms with Gasteiger partial charge in [-0.2, -0.15) is 10.2 Å². The van der Waals surface area contributed by atoms with E-state index in [0.717, 1.165) is 41.8 Å². The van der Waals surface area contributed by atoms with Gasteiger partial charge >= 0.3 is 0 Å². The molecule has 0 saturated heterocycles. The van der Waals surface area contributed by atoms with Crippen molar-refractivity contribution in [2.45, 2.75) is 253 Å². The number of hydrogen-bond donors (Lipinski definition) is 5. The predicted molar refractivity (Wildman–Crippen MR) is 406 cm³/mol. The van der Waals surface area contributed by atoms with Crippen LogP contribution in [0.5, 0.6) is 0 Å². The lowest BCUT2D eigenvalue weighted by Crippen LogP contribution is -2.35. The van der Waals surface area contributed by atoms with Crippen LogP contribution in [0.4, 0.5) is 11.6 Å². The molecule has 6 aromatic rings. The van der Waals surface area contributed by atoms with Gasteiger partial charge in [-0.25, -0.2) is 32.5 Å². The third-order valence-electron chi connectivity index (χ3n) is 15.1. The van der Waals surface area contributed by atoms with Gasteiger partial charge in [0, 0.05) is 95.7 Å². The van der Waals surface area contributed by atoms with Gasteiger partial charge in [0.05, 0.1) is 34.8 Å². The predicted octanol–water partition coefficient (Wildman–Crippen LogP) is 16.2. The van der Waals surface area contributed by atoms with Crippen molar-refractivity contribution >= 4 is 62.7 Å². The molecule has 6 rings (SSSR count). The minimum atomic E-state index is -3.05. The Bertz CT molecular complexity index is 3480. The number of sulfonamides is 1. The van der Waals surface area contributed by atoms with Crippen LogP contribution in [0.3, 0.4) is 0 Å². The summed E-state index contributed by atoms with van der Waals surface area (Å²) in [6.45, 7) is 54.0. The molecule has 2 amide bonds. The fraction of sp³-hybridized carbons (Fsp3) is 0.566. The van der Waals surface area contributed by atoms with Crippen LogP contribution in [0.2, 0.25) is 0 Å². The second-order valence-electron chi connectivity index (χ2n) is 28.9. The summed E-state index contributed by atoms with van der Waals surface area (Å²) in [4.78, 5) is 67.6. The third-order valence-corrected chi connectivity index (χ3v) is 17.1. The molecular weight excluding hydrogens is 1270 g/mol. The molecule has 23 heteroatoms. The normalized spacial score (nSPS) is 11.7. The van der Waals surface area contributed by atoms with E-state index in [4.69, 9.17) is 0 Å². The van der Waals surface area contributed by atoms with Crippen LogP contribution in [-0.2, 0) is 14.8 Å². The van der Waals surface area contributed by atoms with Crippen LogP contribution in [0.25, 0.3) is 0 Å². The molecule has 0 aliphatic heterocycles. The van der Waals surface area contributed by atoms with E-state index in [0.29, 0.717) is 80.8 Å². The SMILES string of the molecule is C/C(=N\Nc1ccc(C(=O)C(C)C)cn1)c1ccc(C(=O)NC(C)C)cc1.CC(C)CC(=O)CCC(C)(C)C(C)C.CC(C)NC(=O)c1ccc(/C=N/Nc2ccc(C(=O)C(C)C)cn2)cc1.CC(C)NS(=O)(=O)C(C)C.CC(C)c1cn(C(C)C)nn1.CC(C)c1cnnn1C(C)C. The van der Waals surface area contributed by atoms with Crippen molar-refractivity contribution in [1.82, 2.24) is 55.3 Å². The minimum absolute atomic E-state index is 0.00704. The van der Waals surface area contributed by atoms with Crippen LogP contribution in [0, 0.1) is 29.1 Å². The lowest BCUT2D eigenvalue weighted by Gasteiger charge is -2.29. The highest BCUT2D eigenvalue weighted by atomic mass is 32.2. The molecule has 0 spiro atoms. The van der Waals surface area contributed by atoms with Crippen molar-refractivity contribution in [1.29, 1.82) is 0 Å². The summed E-state index contributed by atoms with van der Waals surface area (Å²) in [5, 5.41) is 29.7. The van der Waals surface area contributed by atoms with Gasteiger partial charge in [0.2, 0.25) is 10.0 Å². The van der Waals surface area contributed by atoms with E-state index < -0.39 is 10.0 Å². The maximum absolute atomic E-state index is 12.0. The van der Waals surface area contributed by atoms with Crippen LogP contribution in [0.15, 0.2) is 108 Å². The van der Waals surface area contributed by atoms with Crippen molar-refractivity contribution in [3.63, 3.8) is 0 Å². The molecule has 0 radical (unpaired) electrons. The van der Waals surface area contributed by atoms with Crippen molar-refractivity contribution in [3.05, 3.63) is 142 Å². The van der Waals surface area contributed by atoms with E-state index in [-0.39, 0.29) is 58.6 Å². The number of hydrogen-bond acceptors (Lipinski definition) is 17. The zero-order valence-electron chi connectivity index (χ0n) is 64.6. The highest BCUT2D eigenvalue weighted by Crippen LogP contribution is 2.32. The van der Waals surface area contributed by atoms with E-state index in [1.165, 1.54) is 5.69 Å². The number of carbonyl (C=O) groups excluding carboxylic acids is 5. The van der Waals surface area contributed by atoms with Gasteiger partial charge in [0.25, 0.3) is 11.8 Å². The number of nitrogens with zero attached hydrogens (tertiary/aromatic N) is 10. The van der Waals surface area contributed by atoms with Crippen molar-refractivity contribution in [3.8, 4) is 0 Å². The Morgan fingerprint density at radius 2 is 1.02 bits per heavy atom. The highest BCUT2D eigenvalue weighted by molar-refractivity contribution is 7.90. The van der Waals surface area contributed by atoms with Crippen molar-refractivity contribution < 1.29 is 32.4 Å². The molecule has 4 aromatic heterocycles. The van der Waals surface area contributed by atoms with Gasteiger partial charge < -0.3 is 10.6 Å². The molecule has 0 saturated carbocycles. The first kappa shape index (κ1) is 88.8. The van der Waals surface area contributed by atoms with Gasteiger partial charge in [-0.15, -0.1) is 10.2 Å². The summed E-state index contributed by atoms with van der Waals surface area (Å²) >= 11 is 0. The molecule has 0 fully saturated rings. The fourth-order valence-electron chi connectivity index (χ4n) is 8.18. The Morgan fingerprint density at radius 3 is 1.36 bits per heavy atom. The van der Waals surface area contributed by atoms with Gasteiger partial charge in [-0.3, -0.25) is 34.8 Å².